The Balaban J connectivity index is 3.10. The van der Waals surface area contributed by atoms with Gasteiger partial charge in [-0.05, 0) is 24.1 Å². The van der Waals surface area contributed by atoms with Crippen molar-refractivity contribution in [1.29, 1.82) is 0 Å². The third-order valence-electron chi connectivity index (χ3n) is 2.50. The van der Waals surface area contributed by atoms with E-state index in [9.17, 15) is 0 Å². The van der Waals surface area contributed by atoms with E-state index in [-0.39, 0.29) is 6.04 Å². The first-order valence-corrected chi connectivity index (χ1v) is 6.10. The van der Waals surface area contributed by atoms with Gasteiger partial charge in [-0.25, -0.2) is 0 Å². The standard InChI is InChI=1S/C12H18BrNO2/c1-4-5-10(14)8-6-11(15-2)12(16-3)7-9(8)13/h6-7,10H,4-5,14H2,1-3H3/t10-/m0/s1. The number of rotatable bonds is 5. The minimum absolute atomic E-state index is 0.0270. The molecule has 0 unspecified atom stereocenters. The van der Waals surface area contributed by atoms with Crippen molar-refractivity contribution >= 4 is 15.9 Å². The predicted octanol–water partition coefficient (Wildman–Crippen LogP) is 3.27. The van der Waals surface area contributed by atoms with Gasteiger partial charge >= 0.3 is 0 Å². The lowest BCUT2D eigenvalue weighted by Crippen LogP contribution is -2.10. The SMILES string of the molecule is CCC[C@H](N)c1cc(OC)c(OC)cc1Br. The highest BCUT2D eigenvalue weighted by atomic mass is 79.9. The molecule has 1 aromatic rings. The molecule has 0 bridgehead atoms. The first-order valence-electron chi connectivity index (χ1n) is 5.31. The predicted molar refractivity (Wildman–Crippen MR) is 69.1 cm³/mol. The third-order valence-corrected chi connectivity index (χ3v) is 3.19. The highest BCUT2D eigenvalue weighted by Gasteiger charge is 2.14. The van der Waals surface area contributed by atoms with Crippen LogP contribution in [0.5, 0.6) is 11.5 Å². The Morgan fingerprint density at radius 1 is 1.25 bits per heavy atom. The zero-order valence-corrected chi connectivity index (χ0v) is 11.5. The number of benzene rings is 1. The van der Waals surface area contributed by atoms with E-state index in [2.05, 4.69) is 22.9 Å². The smallest absolute Gasteiger partial charge is 0.161 e. The zero-order chi connectivity index (χ0) is 12.1. The van der Waals surface area contributed by atoms with E-state index in [1.165, 1.54) is 0 Å². The number of ether oxygens (including phenoxy) is 2. The van der Waals surface area contributed by atoms with Gasteiger partial charge in [-0.15, -0.1) is 0 Å². The van der Waals surface area contributed by atoms with Crippen LogP contribution in [-0.4, -0.2) is 14.2 Å². The van der Waals surface area contributed by atoms with E-state index >= 15 is 0 Å². The fourth-order valence-corrected chi connectivity index (χ4v) is 2.24. The summed E-state index contributed by atoms with van der Waals surface area (Å²) in [4.78, 5) is 0. The molecule has 0 aliphatic heterocycles. The van der Waals surface area contributed by atoms with Crippen LogP contribution in [0.4, 0.5) is 0 Å². The summed E-state index contributed by atoms with van der Waals surface area (Å²) in [6.07, 6.45) is 2.01. The van der Waals surface area contributed by atoms with E-state index in [1.807, 2.05) is 12.1 Å². The van der Waals surface area contributed by atoms with Gasteiger partial charge in [0, 0.05) is 10.5 Å². The number of halogens is 1. The van der Waals surface area contributed by atoms with Crippen LogP contribution in [-0.2, 0) is 0 Å². The van der Waals surface area contributed by atoms with Crippen LogP contribution in [0.1, 0.15) is 31.4 Å². The zero-order valence-electron chi connectivity index (χ0n) is 9.92. The van der Waals surface area contributed by atoms with Gasteiger partial charge in [-0.1, -0.05) is 29.3 Å². The summed E-state index contributed by atoms with van der Waals surface area (Å²) in [5, 5.41) is 0. The van der Waals surface area contributed by atoms with E-state index in [4.69, 9.17) is 15.2 Å². The molecule has 0 fully saturated rings. The molecule has 0 spiro atoms. The highest BCUT2D eigenvalue weighted by Crippen LogP contribution is 2.36. The lowest BCUT2D eigenvalue weighted by Gasteiger charge is -2.16. The third kappa shape index (κ3) is 2.89. The molecule has 0 aliphatic carbocycles. The maximum Gasteiger partial charge on any atom is 0.161 e. The molecule has 3 nitrogen and oxygen atoms in total. The van der Waals surface area contributed by atoms with E-state index < -0.39 is 0 Å². The monoisotopic (exact) mass is 287 g/mol. The molecule has 0 amide bonds. The Bertz CT molecular complexity index is 355. The Morgan fingerprint density at radius 3 is 2.31 bits per heavy atom. The van der Waals surface area contributed by atoms with Crippen molar-refractivity contribution in [2.45, 2.75) is 25.8 Å². The van der Waals surface area contributed by atoms with Gasteiger partial charge in [0.25, 0.3) is 0 Å². The highest BCUT2D eigenvalue weighted by molar-refractivity contribution is 9.10. The van der Waals surface area contributed by atoms with Gasteiger partial charge in [-0.3, -0.25) is 0 Å². The topological polar surface area (TPSA) is 44.5 Å². The van der Waals surface area contributed by atoms with Crippen molar-refractivity contribution in [3.63, 3.8) is 0 Å². The van der Waals surface area contributed by atoms with Crippen LogP contribution >= 0.6 is 15.9 Å². The number of hydrogen-bond acceptors (Lipinski definition) is 3. The van der Waals surface area contributed by atoms with Gasteiger partial charge in [0.05, 0.1) is 14.2 Å². The molecule has 1 atom stereocenters. The second-order valence-electron chi connectivity index (χ2n) is 3.62. The van der Waals surface area contributed by atoms with Crippen molar-refractivity contribution in [3.05, 3.63) is 22.2 Å². The molecule has 16 heavy (non-hydrogen) atoms. The van der Waals surface area contributed by atoms with Gasteiger partial charge < -0.3 is 15.2 Å². The average Bonchev–Trinajstić information content (AvgIpc) is 2.28. The number of methoxy groups -OCH3 is 2. The van der Waals surface area contributed by atoms with Crippen LogP contribution in [0.25, 0.3) is 0 Å². The summed E-state index contributed by atoms with van der Waals surface area (Å²) in [5.41, 5.74) is 7.15. The lowest BCUT2D eigenvalue weighted by molar-refractivity contribution is 0.354. The first kappa shape index (κ1) is 13.3. The lowest BCUT2D eigenvalue weighted by atomic mass is 10.0. The number of nitrogens with two attached hydrogens (primary N) is 1. The van der Waals surface area contributed by atoms with E-state index in [0.717, 1.165) is 22.9 Å². The van der Waals surface area contributed by atoms with Crippen LogP contribution < -0.4 is 15.2 Å². The molecule has 1 rings (SSSR count). The summed E-state index contributed by atoms with van der Waals surface area (Å²) >= 11 is 3.51. The summed E-state index contributed by atoms with van der Waals surface area (Å²) in [6, 6.07) is 3.85. The van der Waals surface area contributed by atoms with Crippen LogP contribution in [0.2, 0.25) is 0 Å². The second kappa shape index (κ2) is 6.11. The Labute approximate surface area is 105 Å². The van der Waals surface area contributed by atoms with Crippen LogP contribution in [0, 0.1) is 0 Å². The van der Waals surface area contributed by atoms with Crippen molar-refractivity contribution in [3.8, 4) is 11.5 Å². The Kier molecular flexibility index (Phi) is 5.09. The maximum absolute atomic E-state index is 6.10. The maximum atomic E-state index is 6.10. The molecule has 0 saturated heterocycles. The van der Waals surface area contributed by atoms with E-state index in [0.29, 0.717) is 11.5 Å². The first-order chi connectivity index (χ1) is 7.63. The summed E-state index contributed by atoms with van der Waals surface area (Å²) in [5.74, 6) is 1.43. The quantitative estimate of drug-likeness (QED) is 0.904. The fourth-order valence-electron chi connectivity index (χ4n) is 1.62. The molecular weight excluding hydrogens is 270 g/mol. The van der Waals surface area contributed by atoms with Crippen LogP contribution in [0.15, 0.2) is 16.6 Å². The largest absolute Gasteiger partial charge is 0.493 e. The minimum atomic E-state index is 0.0270. The molecule has 1 aromatic carbocycles. The van der Waals surface area contributed by atoms with Crippen molar-refractivity contribution in [2.24, 2.45) is 5.73 Å². The Hall–Kier alpha value is -0.740. The molecule has 0 heterocycles. The normalized spacial score (nSPS) is 12.3. The van der Waals surface area contributed by atoms with Crippen molar-refractivity contribution < 1.29 is 9.47 Å². The molecule has 2 N–H and O–H groups in total. The van der Waals surface area contributed by atoms with Gasteiger partial charge in [-0.2, -0.15) is 0 Å². The van der Waals surface area contributed by atoms with Crippen molar-refractivity contribution in [1.82, 2.24) is 0 Å². The molecule has 0 radical (unpaired) electrons. The summed E-state index contributed by atoms with van der Waals surface area (Å²) < 4.78 is 11.4. The number of hydrogen-bond donors (Lipinski definition) is 1. The minimum Gasteiger partial charge on any atom is -0.493 e. The fraction of sp³-hybridized carbons (Fsp3) is 0.500. The molecule has 90 valence electrons. The van der Waals surface area contributed by atoms with Gasteiger partial charge in [0.2, 0.25) is 0 Å². The molecule has 0 aliphatic rings. The van der Waals surface area contributed by atoms with Gasteiger partial charge in [0.15, 0.2) is 11.5 Å². The molecule has 0 aromatic heterocycles. The van der Waals surface area contributed by atoms with Crippen LogP contribution in [0.3, 0.4) is 0 Å². The molecule has 4 heteroatoms. The Morgan fingerprint density at radius 2 is 1.81 bits per heavy atom. The summed E-state index contributed by atoms with van der Waals surface area (Å²) in [7, 11) is 3.25. The average molecular weight is 288 g/mol. The van der Waals surface area contributed by atoms with E-state index in [1.54, 1.807) is 14.2 Å². The second-order valence-corrected chi connectivity index (χ2v) is 4.48. The van der Waals surface area contributed by atoms with Gasteiger partial charge in [0.1, 0.15) is 0 Å². The molecular formula is C12H18BrNO2. The van der Waals surface area contributed by atoms with Crippen molar-refractivity contribution in [2.75, 3.05) is 14.2 Å². The molecule has 0 saturated carbocycles. The summed E-state index contributed by atoms with van der Waals surface area (Å²) in [6.45, 7) is 2.12.